The van der Waals surface area contributed by atoms with Gasteiger partial charge in [0, 0.05) is 21.6 Å². The molecule has 5 heteroatoms. The molecule has 160 valence electrons. The van der Waals surface area contributed by atoms with Gasteiger partial charge in [-0.3, -0.25) is 4.79 Å². The number of halogens is 1. The van der Waals surface area contributed by atoms with Crippen LogP contribution in [0.2, 0.25) is 0 Å². The van der Waals surface area contributed by atoms with Crippen molar-refractivity contribution in [2.75, 3.05) is 6.61 Å². The fraction of sp³-hybridized carbons (Fsp3) is 0.400. The van der Waals surface area contributed by atoms with Crippen molar-refractivity contribution in [3.05, 3.63) is 57.1 Å². The molecule has 0 amide bonds. The smallest absolute Gasteiger partial charge is 0.315 e. The van der Waals surface area contributed by atoms with Gasteiger partial charge in [-0.2, -0.15) is 0 Å². The summed E-state index contributed by atoms with van der Waals surface area (Å²) >= 11 is 3.73. The Morgan fingerprint density at radius 2 is 1.80 bits per heavy atom. The Labute approximate surface area is 187 Å². The predicted molar refractivity (Wildman–Crippen MR) is 128 cm³/mol. The van der Waals surface area contributed by atoms with Crippen LogP contribution in [-0.2, 0) is 21.4 Å². The molecular weight excluding hydrogens is 440 g/mol. The lowest BCUT2D eigenvalue weighted by Crippen LogP contribution is -2.31. The van der Waals surface area contributed by atoms with Gasteiger partial charge in [-0.25, -0.2) is 0 Å². The van der Waals surface area contributed by atoms with Gasteiger partial charge in [0.25, 0.3) is 0 Å². The van der Waals surface area contributed by atoms with Gasteiger partial charge in [0.2, 0.25) is 0 Å². The Balaban J connectivity index is 2.28. The number of nitrogens with two attached hydrogens (primary N) is 1. The van der Waals surface area contributed by atoms with E-state index in [0.717, 1.165) is 38.6 Å². The molecule has 4 nitrogen and oxygen atoms in total. The molecule has 2 aromatic carbocycles. The number of nitrogens with one attached hydrogen (secondary N) is 1. The van der Waals surface area contributed by atoms with Crippen LogP contribution in [0.15, 0.2) is 34.8 Å². The van der Waals surface area contributed by atoms with Crippen LogP contribution in [0.4, 0.5) is 0 Å². The van der Waals surface area contributed by atoms with Crippen LogP contribution >= 0.6 is 15.9 Å². The lowest BCUT2D eigenvalue weighted by atomic mass is 9.83. The third-order valence-corrected chi connectivity index (χ3v) is 6.14. The molecule has 0 spiro atoms. The maximum Gasteiger partial charge on any atom is 0.315 e. The van der Waals surface area contributed by atoms with E-state index >= 15 is 0 Å². The number of esters is 1. The van der Waals surface area contributed by atoms with Crippen molar-refractivity contribution in [2.24, 2.45) is 5.73 Å². The number of rotatable bonds is 6. The lowest BCUT2D eigenvalue weighted by molar-refractivity contribution is -0.148. The first kappa shape index (κ1) is 22.6. The van der Waals surface area contributed by atoms with Crippen molar-refractivity contribution in [1.82, 2.24) is 4.98 Å². The van der Waals surface area contributed by atoms with Crippen LogP contribution in [0.5, 0.6) is 0 Å². The van der Waals surface area contributed by atoms with Crippen LogP contribution in [0.25, 0.3) is 22.2 Å². The maximum atomic E-state index is 12.6. The second-order valence-corrected chi connectivity index (χ2v) is 9.62. The number of carbonyl (C=O) groups excluding carboxylic acids is 1. The Kier molecular flexibility index (Phi) is 6.44. The Bertz CT molecular complexity index is 1080. The number of fused-ring (bicyclic) bond motifs is 1. The summed E-state index contributed by atoms with van der Waals surface area (Å²) in [4.78, 5) is 16.2. The normalized spacial score (nSPS) is 12.9. The molecule has 1 unspecified atom stereocenters. The number of carbonyl (C=O) groups is 1. The van der Waals surface area contributed by atoms with Crippen molar-refractivity contribution in [1.29, 1.82) is 0 Å². The fourth-order valence-corrected chi connectivity index (χ4v) is 4.56. The first-order valence-corrected chi connectivity index (χ1v) is 11.2. The average Bonchev–Trinajstić information content (AvgIpc) is 2.99. The van der Waals surface area contributed by atoms with Gasteiger partial charge < -0.3 is 15.5 Å². The van der Waals surface area contributed by atoms with Gasteiger partial charge in [-0.1, -0.05) is 17.2 Å². The summed E-state index contributed by atoms with van der Waals surface area (Å²) in [5, 5.41) is 1.09. The van der Waals surface area contributed by atoms with E-state index in [1.807, 2.05) is 33.8 Å². The lowest BCUT2D eigenvalue weighted by Gasteiger charge is -2.23. The second kappa shape index (κ2) is 8.56. The minimum absolute atomic E-state index is 0.00848. The van der Waals surface area contributed by atoms with Crippen LogP contribution in [0.3, 0.4) is 0 Å². The summed E-state index contributed by atoms with van der Waals surface area (Å²) in [6, 6.07) is 10.7. The number of aromatic nitrogens is 1. The Morgan fingerprint density at radius 3 is 2.37 bits per heavy atom. The van der Waals surface area contributed by atoms with Gasteiger partial charge in [0.1, 0.15) is 0 Å². The van der Waals surface area contributed by atoms with Crippen molar-refractivity contribution in [3.8, 4) is 11.3 Å². The molecule has 0 bridgehead atoms. The number of aromatic amines is 1. The van der Waals surface area contributed by atoms with E-state index in [2.05, 4.69) is 59.0 Å². The van der Waals surface area contributed by atoms with Gasteiger partial charge in [-0.15, -0.1) is 0 Å². The molecule has 0 aliphatic heterocycles. The number of benzene rings is 2. The van der Waals surface area contributed by atoms with Crippen molar-refractivity contribution in [3.63, 3.8) is 0 Å². The molecule has 1 aromatic heterocycles. The predicted octanol–water partition coefficient (Wildman–Crippen LogP) is 5.94. The maximum absolute atomic E-state index is 12.6. The number of hydrogen-bond acceptors (Lipinski definition) is 3. The summed E-state index contributed by atoms with van der Waals surface area (Å²) < 4.78 is 6.25. The summed E-state index contributed by atoms with van der Waals surface area (Å²) in [5.41, 5.74) is 13.3. The van der Waals surface area contributed by atoms with E-state index in [1.54, 1.807) is 0 Å². The summed E-state index contributed by atoms with van der Waals surface area (Å²) in [7, 11) is 0. The minimum Gasteiger partial charge on any atom is -0.465 e. The highest BCUT2D eigenvalue weighted by Crippen LogP contribution is 2.39. The zero-order chi connectivity index (χ0) is 22.2. The van der Waals surface area contributed by atoms with Crippen molar-refractivity contribution in [2.45, 2.75) is 59.4 Å². The number of H-pyrrole nitrogens is 1. The third-order valence-electron chi connectivity index (χ3n) is 5.51. The van der Waals surface area contributed by atoms with Crippen LogP contribution in [-0.4, -0.2) is 23.6 Å². The van der Waals surface area contributed by atoms with Crippen LogP contribution < -0.4 is 5.73 Å². The van der Waals surface area contributed by atoms with Crippen molar-refractivity contribution >= 4 is 32.8 Å². The molecule has 3 N–H and O–H groups in total. The molecular formula is C25H31BrN2O2. The highest BCUT2D eigenvalue weighted by Gasteiger charge is 2.32. The molecule has 0 fully saturated rings. The van der Waals surface area contributed by atoms with Gasteiger partial charge in [0.05, 0.1) is 17.5 Å². The molecule has 3 aromatic rings. The quantitative estimate of drug-likeness (QED) is 0.437. The van der Waals surface area contributed by atoms with Crippen LogP contribution in [0.1, 0.15) is 49.9 Å². The SMILES string of the molecule is CCOC(=O)C(C)(C)c1cc(Br)c2[nH]c(-c3cc(C)cc(C)c3)c(CC(C)N)c2c1. The fourth-order valence-electron chi connectivity index (χ4n) is 4.00. The molecule has 0 saturated carbocycles. The van der Waals surface area contributed by atoms with E-state index in [0.29, 0.717) is 6.61 Å². The third kappa shape index (κ3) is 4.33. The summed E-state index contributed by atoms with van der Waals surface area (Å²) in [6.45, 7) is 12.2. The van der Waals surface area contributed by atoms with Crippen molar-refractivity contribution < 1.29 is 9.53 Å². The topological polar surface area (TPSA) is 68.1 Å². The zero-order valence-electron chi connectivity index (χ0n) is 18.7. The summed E-state index contributed by atoms with van der Waals surface area (Å²) in [5.74, 6) is -0.227. The van der Waals surface area contributed by atoms with E-state index in [9.17, 15) is 4.79 Å². The number of hydrogen-bond donors (Lipinski definition) is 2. The number of aryl methyl sites for hydroxylation is 2. The molecule has 3 rings (SSSR count). The monoisotopic (exact) mass is 470 g/mol. The van der Waals surface area contributed by atoms with E-state index in [-0.39, 0.29) is 12.0 Å². The first-order valence-electron chi connectivity index (χ1n) is 10.4. The molecule has 0 radical (unpaired) electrons. The van der Waals surface area contributed by atoms with E-state index in [4.69, 9.17) is 10.5 Å². The Hall–Kier alpha value is -2.11. The highest BCUT2D eigenvalue weighted by atomic mass is 79.9. The zero-order valence-corrected chi connectivity index (χ0v) is 20.2. The molecule has 0 saturated heterocycles. The largest absolute Gasteiger partial charge is 0.465 e. The van der Waals surface area contributed by atoms with Gasteiger partial charge in [-0.05, 0) is 105 Å². The number of ether oxygens (including phenoxy) is 1. The molecule has 0 aliphatic carbocycles. The van der Waals surface area contributed by atoms with Crippen LogP contribution in [0, 0.1) is 13.8 Å². The standard InChI is InChI=1S/C25H31BrN2O2/c1-7-30-24(29)25(5,6)18-12-20-19(11-16(4)27)22(28-23(20)21(26)13-18)17-9-14(2)8-15(3)10-17/h8-10,12-13,16,28H,7,11,27H2,1-6H3. The molecule has 0 aliphatic rings. The highest BCUT2D eigenvalue weighted by molar-refractivity contribution is 9.10. The Morgan fingerprint density at radius 1 is 1.17 bits per heavy atom. The molecule has 1 heterocycles. The minimum atomic E-state index is -0.754. The molecule has 30 heavy (non-hydrogen) atoms. The second-order valence-electron chi connectivity index (χ2n) is 8.76. The first-order chi connectivity index (χ1) is 14.0. The molecule has 1 atom stereocenters. The van der Waals surface area contributed by atoms with Gasteiger partial charge >= 0.3 is 5.97 Å². The van der Waals surface area contributed by atoms with E-state index in [1.165, 1.54) is 16.7 Å². The van der Waals surface area contributed by atoms with E-state index < -0.39 is 5.41 Å². The average molecular weight is 471 g/mol. The summed E-state index contributed by atoms with van der Waals surface area (Å²) in [6.07, 6.45) is 0.734. The van der Waals surface area contributed by atoms with Gasteiger partial charge in [0.15, 0.2) is 0 Å².